The number of nitrogens with two attached hydrogens (primary N) is 1. The fourth-order valence-electron chi connectivity index (χ4n) is 2.76. The van der Waals surface area contributed by atoms with E-state index in [0.29, 0.717) is 16.3 Å². The van der Waals surface area contributed by atoms with Crippen LogP contribution in [0.25, 0.3) is 0 Å². The number of carbonyl (C=O) groups is 2. The van der Waals surface area contributed by atoms with E-state index in [-0.39, 0.29) is 17.7 Å². The Kier molecular flexibility index (Phi) is 4.09. The fraction of sp³-hybridized carbons (Fsp3) is 0.222. The van der Waals surface area contributed by atoms with Gasteiger partial charge in [-0.05, 0) is 54.7 Å². The predicted molar refractivity (Wildman–Crippen MR) is 90.6 cm³/mol. The van der Waals surface area contributed by atoms with Gasteiger partial charge in [0.1, 0.15) is 0 Å². The molecule has 1 fully saturated rings. The highest BCUT2D eigenvalue weighted by Gasteiger charge is 2.43. The fourth-order valence-corrected chi connectivity index (χ4v) is 2.89. The van der Waals surface area contributed by atoms with E-state index in [4.69, 9.17) is 17.3 Å². The summed E-state index contributed by atoms with van der Waals surface area (Å²) in [5.74, 6) is -0.351. The number of benzene rings is 2. The molecular formula is C18H17ClN2O2. The van der Waals surface area contributed by atoms with Gasteiger partial charge in [0.15, 0.2) is 0 Å². The summed E-state index contributed by atoms with van der Waals surface area (Å²) in [5.41, 5.74) is 8.27. The number of hydrogen-bond acceptors (Lipinski definition) is 2. The molecule has 0 bridgehead atoms. The van der Waals surface area contributed by atoms with Gasteiger partial charge in [-0.15, -0.1) is 0 Å². The molecule has 0 aromatic heterocycles. The molecule has 4 nitrogen and oxygen atoms in total. The largest absolute Gasteiger partial charge is 0.366 e. The molecule has 1 aliphatic carbocycles. The minimum absolute atomic E-state index is 0.0378. The summed E-state index contributed by atoms with van der Waals surface area (Å²) in [4.78, 5) is 23.7. The molecule has 0 spiro atoms. The van der Waals surface area contributed by atoms with E-state index in [1.165, 1.54) is 0 Å². The smallest absolute Gasteiger partial charge is 0.249 e. The molecule has 2 atom stereocenters. The minimum Gasteiger partial charge on any atom is -0.366 e. The summed E-state index contributed by atoms with van der Waals surface area (Å²) in [7, 11) is 0. The normalized spacial score (nSPS) is 19.2. The molecule has 0 saturated heterocycles. The van der Waals surface area contributed by atoms with E-state index in [2.05, 4.69) is 5.32 Å². The minimum atomic E-state index is -0.496. The summed E-state index contributed by atoms with van der Waals surface area (Å²) >= 11 is 5.88. The summed E-state index contributed by atoms with van der Waals surface area (Å²) < 4.78 is 0. The number of hydrogen-bond donors (Lipinski definition) is 2. The van der Waals surface area contributed by atoms with E-state index < -0.39 is 5.91 Å². The van der Waals surface area contributed by atoms with Crippen molar-refractivity contribution in [2.45, 2.75) is 19.3 Å². The van der Waals surface area contributed by atoms with Crippen LogP contribution in [0.5, 0.6) is 0 Å². The van der Waals surface area contributed by atoms with Gasteiger partial charge >= 0.3 is 0 Å². The van der Waals surface area contributed by atoms with Gasteiger partial charge < -0.3 is 11.1 Å². The Hall–Kier alpha value is -2.33. The zero-order valence-electron chi connectivity index (χ0n) is 12.7. The number of anilines is 1. The highest BCUT2D eigenvalue weighted by molar-refractivity contribution is 6.30. The Balaban J connectivity index is 1.68. The van der Waals surface area contributed by atoms with E-state index >= 15 is 0 Å². The summed E-state index contributed by atoms with van der Waals surface area (Å²) in [6, 6.07) is 12.8. The first-order valence-electron chi connectivity index (χ1n) is 7.42. The topological polar surface area (TPSA) is 72.2 Å². The number of rotatable bonds is 4. The van der Waals surface area contributed by atoms with Gasteiger partial charge in [-0.1, -0.05) is 29.8 Å². The van der Waals surface area contributed by atoms with Crippen molar-refractivity contribution in [1.29, 1.82) is 0 Å². The molecule has 2 aromatic rings. The van der Waals surface area contributed by atoms with Gasteiger partial charge in [-0.25, -0.2) is 0 Å². The van der Waals surface area contributed by atoms with Crippen LogP contribution in [0, 0.1) is 12.8 Å². The van der Waals surface area contributed by atoms with Crippen LogP contribution in [-0.4, -0.2) is 11.8 Å². The first-order chi connectivity index (χ1) is 11.0. The molecule has 23 heavy (non-hydrogen) atoms. The second-order valence-corrected chi connectivity index (χ2v) is 6.32. The Morgan fingerprint density at radius 2 is 1.87 bits per heavy atom. The molecule has 3 N–H and O–H groups in total. The Labute approximate surface area is 139 Å². The molecule has 2 aromatic carbocycles. The number of carbonyl (C=O) groups excluding carboxylic acids is 2. The van der Waals surface area contributed by atoms with Crippen molar-refractivity contribution in [3.05, 3.63) is 64.2 Å². The SMILES string of the molecule is Cc1ccc(NC(=O)C2CC2c2ccc(Cl)cc2)cc1C(N)=O. The zero-order valence-corrected chi connectivity index (χ0v) is 13.4. The monoisotopic (exact) mass is 328 g/mol. The average molecular weight is 329 g/mol. The quantitative estimate of drug-likeness (QED) is 0.901. The predicted octanol–water partition coefficient (Wildman–Crippen LogP) is 3.49. The third-order valence-electron chi connectivity index (χ3n) is 4.20. The standard InChI is InChI=1S/C18H17ClN2O2/c1-10-2-7-13(8-14(10)17(20)22)21-18(23)16-9-15(16)11-3-5-12(19)6-4-11/h2-8,15-16H,9H2,1H3,(H2,20,22)(H,21,23). The lowest BCUT2D eigenvalue weighted by atomic mass is 10.1. The van der Waals surface area contributed by atoms with Crippen molar-refractivity contribution in [2.75, 3.05) is 5.32 Å². The molecule has 5 heteroatoms. The van der Waals surface area contributed by atoms with Crippen molar-refractivity contribution >= 4 is 29.1 Å². The van der Waals surface area contributed by atoms with Gasteiger partial charge in [-0.2, -0.15) is 0 Å². The van der Waals surface area contributed by atoms with Gasteiger partial charge in [0.2, 0.25) is 11.8 Å². The molecule has 1 aliphatic rings. The van der Waals surface area contributed by atoms with Crippen molar-refractivity contribution < 1.29 is 9.59 Å². The summed E-state index contributed by atoms with van der Waals surface area (Å²) in [6.45, 7) is 1.81. The highest BCUT2D eigenvalue weighted by atomic mass is 35.5. The average Bonchev–Trinajstić information content (AvgIpc) is 3.30. The lowest BCUT2D eigenvalue weighted by Crippen LogP contribution is -2.17. The summed E-state index contributed by atoms with van der Waals surface area (Å²) in [5, 5.41) is 3.55. The molecular weight excluding hydrogens is 312 g/mol. The first kappa shape index (κ1) is 15.6. The second-order valence-electron chi connectivity index (χ2n) is 5.88. The van der Waals surface area contributed by atoms with Crippen LogP contribution in [0.15, 0.2) is 42.5 Å². The Morgan fingerprint density at radius 1 is 1.17 bits per heavy atom. The van der Waals surface area contributed by atoms with Crippen LogP contribution in [0.4, 0.5) is 5.69 Å². The zero-order chi connectivity index (χ0) is 16.6. The number of aryl methyl sites for hydroxylation is 1. The maximum Gasteiger partial charge on any atom is 0.249 e. The summed E-state index contributed by atoms with van der Waals surface area (Å²) in [6.07, 6.45) is 0.821. The van der Waals surface area contributed by atoms with Crippen molar-refractivity contribution in [3.8, 4) is 0 Å². The van der Waals surface area contributed by atoms with Crippen LogP contribution in [0.1, 0.15) is 33.8 Å². The second kappa shape index (κ2) is 6.05. The molecule has 0 aliphatic heterocycles. The molecule has 2 amide bonds. The van der Waals surface area contributed by atoms with Crippen molar-refractivity contribution in [1.82, 2.24) is 0 Å². The van der Waals surface area contributed by atoms with Crippen LogP contribution < -0.4 is 11.1 Å². The molecule has 1 saturated carbocycles. The third kappa shape index (κ3) is 3.37. The van der Waals surface area contributed by atoms with Gasteiger partial charge in [0.05, 0.1) is 0 Å². The third-order valence-corrected chi connectivity index (χ3v) is 4.45. The maximum absolute atomic E-state index is 12.3. The first-order valence-corrected chi connectivity index (χ1v) is 7.80. The Morgan fingerprint density at radius 3 is 2.52 bits per heavy atom. The number of primary amides is 1. The van der Waals surface area contributed by atoms with Gasteiger partial charge in [0, 0.05) is 22.2 Å². The highest BCUT2D eigenvalue weighted by Crippen LogP contribution is 2.48. The number of halogens is 1. The van der Waals surface area contributed by atoms with E-state index in [9.17, 15) is 9.59 Å². The molecule has 2 unspecified atom stereocenters. The maximum atomic E-state index is 12.3. The van der Waals surface area contributed by atoms with Crippen LogP contribution in [0.2, 0.25) is 5.02 Å². The van der Waals surface area contributed by atoms with Crippen molar-refractivity contribution in [3.63, 3.8) is 0 Å². The van der Waals surface area contributed by atoms with Crippen LogP contribution >= 0.6 is 11.6 Å². The van der Waals surface area contributed by atoms with Gasteiger partial charge in [-0.3, -0.25) is 9.59 Å². The molecule has 0 heterocycles. The van der Waals surface area contributed by atoms with Crippen LogP contribution in [-0.2, 0) is 4.79 Å². The van der Waals surface area contributed by atoms with E-state index in [0.717, 1.165) is 17.5 Å². The number of nitrogens with one attached hydrogen (secondary N) is 1. The Bertz CT molecular complexity index is 771. The molecule has 3 rings (SSSR count). The lowest BCUT2D eigenvalue weighted by Gasteiger charge is -2.08. The van der Waals surface area contributed by atoms with Crippen molar-refractivity contribution in [2.24, 2.45) is 11.7 Å². The van der Waals surface area contributed by atoms with Gasteiger partial charge in [0.25, 0.3) is 0 Å². The lowest BCUT2D eigenvalue weighted by molar-refractivity contribution is -0.117. The molecule has 118 valence electrons. The van der Waals surface area contributed by atoms with E-state index in [1.807, 2.05) is 31.2 Å². The van der Waals surface area contributed by atoms with Crippen LogP contribution in [0.3, 0.4) is 0 Å². The van der Waals surface area contributed by atoms with E-state index in [1.54, 1.807) is 18.2 Å². The molecule has 0 radical (unpaired) electrons. The number of amides is 2.